The van der Waals surface area contributed by atoms with E-state index in [-0.39, 0.29) is 0 Å². The number of nitrogen functional groups attached to an aromatic ring is 1. The van der Waals surface area contributed by atoms with Gasteiger partial charge in [-0.25, -0.2) is 4.98 Å². The van der Waals surface area contributed by atoms with Crippen molar-refractivity contribution >= 4 is 32.7 Å². The summed E-state index contributed by atoms with van der Waals surface area (Å²) in [5.74, 6) is 0.472. The van der Waals surface area contributed by atoms with Gasteiger partial charge in [-0.3, -0.25) is 4.98 Å². The third-order valence-corrected chi connectivity index (χ3v) is 2.03. The molecule has 3 nitrogen and oxygen atoms in total. The van der Waals surface area contributed by atoms with Crippen LogP contribution in [0, 0.1) is 0 Å². The molecule has 0 bridgehead atoms. The Bertz CT molecular complexity index is 428. The van der Waals surface area contributed by atoms with E-state index in [2.05, 4.69) is 25.9 Å². The molecule has 0 saturated heterocycles. The van der Waals surface area contributed by atoms with Crippen LogP contribution < -0.4 is 5.73 Å². The molecule has 60 valence electrons. The maximum atomic E-state index is 5.62. The predicted molar refractivity (Wildman–Crippen MR) is 51.7 cm³/mol. The lowest BCUT2D eigenvalue weighted by Gasteiger charge is -1.98. The summed E-state index contributed by atoms with van der Waals surface area (Å²) >= 11 is 3.33. The van der Waals surface area contributed by atoms with E-state index in [1.165, 1.54) is 0 Å². The van der Waals surface area contributed by atoms with Crippen molar-refractivity contribution < 1.29 is 0 Å². The zero-order valence-corrected chi connectivity index (χ0v) is 7.75. The molecule has 0 aliphatic carbocycles. The molecule has 0 fully saturated rings. The van der Waals surface area contributed by atoms with Crippen LogP contribution in [0.2, 0.25) is 0 Å². The van der Waals surface area contributed by atoms with Gasteiger partial charge in [0.05, 0.1) is 0 Å². The predicted octanol–water partition coefficient (Wildman–Crippen LogP) is 1.97. The molecule has 0 aromatic carbocycles. The molecule has 2 N–H and O–H groups in total. The second-order valence-corrected chi connectivity index (χ2v) is 3.34. The van der Waals surface area contributed by atoms with Gasteiger partial charge in [-0.05, 0) is 28.1 Å². The number of fused-ring (bicyclic) bond motifs is 1. The molecule has 0 unspecified atom stereocenters. The summed E-state index contributed by atoms with van der Waals surface area (Å²) in [6.45, 7) is 0. The average Bonchev–Trinajstić information content (AvgIpc) is 2.04. The second-order valence-electron chi connectivity index (χ2n) is 2.42. The Morgan fingerprint density at radius 3 is 3.00 bits per heavy atom. The minimum absolute atomic E-state index is 0.472. The van der Waals surface area contributed by atoms with E-state index in [0.717, 1.165) is 15.4 Å². The summed E-state index contributed by atoms with van der Waals surface area (Å²) in [6, 6.07) is 3.84. The Hall–Kier alpha value is -1.16. The van der Waals surface area contributed by atoms with Crippen molar-refractivity contribution in [1.82, 2.24) is 9.97 Å². The molecule has 12 heavy (non-hydrogen) atoms. The lowest BCUT2D eigenvalue weighted by molar-refractivity contribution is 1.31. The summed E-state index contributed by atoms with van der Waals surface area (Å²) in [5, 5.41) is 0.997. The number of halogens is 1. The molecule has 0 radical (unpaired) electrons. The highest BCUT2D eigenvalue weighted by Gasteiger charge is 1.99. The van der Waals surface area contributed by atoms with Crippen molar-refractivity contribution in [1.29, 1.82) is 0 Å². The van der Waals surface area contributed by atoms with E-state index in [1.807, 2.05) is 12.1 Å². The molecule has 0 aliphatic rings. The molecule has 0 spiro atoms. The number of pyridine rings is 2. The molecule has 2 aromatic heterocycles. The topological polar surface area (TPSA) is 51.8 Å². The van der Waals surface area contributed by atoms with E-state index >= 15 is 0 Å². The summed E-state index contributed by atoms with van der Waals surface area (Å²) in [5.41, 5.74) is 6.37. The van der Waals surface area contributed by atoms with Crippen LogP contribution in [0.5, 0.6) is 0 Å². The standard InChI is InChI=1S/C8H6BrN3/c9-6-3-5-1-2-11-8(10)7(5)12-4-6/h1-4H,(H2,10,11). The van der Waals surface area contributed by atoms with Gasteiger partial charge < -0.3 is 5.73 Å². The number of aromatic nitrogens is 2. The Morgan fingerprint density at radius 1 is 1.33 bits per heavy atom. The van der Waals surface area contributed by atoms with E-state index in [0.29, 0.717) is 5.82 Å². The lowest BCUT2D eigenvalue weighted by Crippen LogP contribution is -1.92. The monoisotopic (exact) mass is 223 g/mol. The molecule has 4 heteroatoms. The van der Waals surface area contributed by atoms with Gasteiger partial charge in [0.15, 0.2) is 0 Å². The number of anilines is 1. The van der Waals surface area contributed by atoms with Crippen molar-refractivity contribution in [2.24, 2.45) is 0 Å². The smallest absolute Gasteiger partial charge is 0.149 e. The van der Waals surface area contributed by atoms with Crippen LogP contribution in [0.1, 0.15) is 0 Å². The van der Waals surface area contributed by atoms with Gasteiger partial charge in [-0.2, -0.15) is 0 Å². The maximum absolute atomic E-state index is 5.62. The van der Waals surface area contributed by atoms with Crippen molar-refractivity contribution in [3.63, 3.8) is 0 Å². The lowest BCUT2D eigenvalue weighted by atomic mass is 10.2. The van der Waals surface area contributed by atoms with Gasteiger partial charge in [0.1, 0.15) is 11.3 Å². The quantitative estimate of drug-likeness (QED) is 0.744. The Balaban J connectivity index is 2.86. The molecule has 2 rings (SSSR count). The van der Waals surface area contributed by atoms with Gasteiger partial charge in [-0.15, -0.1) is 0 Å². The minimum atomic E-state index is 0.472. The fraction of sp³-hybridized carbons (Fsp3) is 0. The van der Waals surface area contributed by atoms with Gasteiger partial charge in [0, 0.05) is 22.3 Å². The first-order valence-electron chi connectivity index (χ1n) is 3.43. The first-order chi connectivity index (χ1) is 5.77. The van der Waals surface area contributed by atoms with E-state index in [9.17, 15) is 0 Å². The van der Waals surface area contributed by atoms with Crippen molar-refractivity contribution in [2.45, 2.75) is 0 Å². The van der Waals surface area contributed by atoms with Crippen LogP contribution in [0.25, 0.3) is 10.9 Å². The SMILES string of the molecule is Nc1nccc2cc(Br)cnc12. The van der Waals surface area contributed by atoms with Crippen LogP contribution in [-0.4, -0.2) is 9.97 Å². The molecule has 0 atom stereocenters. The molecule has 2 aromatic rings. The second kappa shape index (κ2) is 2.71. The Kier molecular flexibility index (Phi) is 1.69. The average molecular weight is 224 g/mol. The van der Waals surface area contributed by atoms with Crippen molar-refractivity contribution in [2.75, 3.05) is 5.73 Å². The van der Waals surface area contributed by atoms with E-state index in [4.69, 9.17) is 5.73 Å². The molecule has 0 amide bonds. The summed E-state index contributed by atoms with van der Waals surface area (Å²) in [6.07, 6.45) is 3.38. The highest BCUT2D eigenvalue weighted by molar-refractivity contribution is 9.10. The van der Waals surface area contributed by atoms with Gasteiger partial charge in [0.2, 0.25) is 0 Å². The number of rotatable bonds is 0. The molecule has 2 heterocycles. The third-order valence-electron chi connectivity index (χ3n) is 1.59. The maximum Gasteiger partial charge on any atom is 0.149 e. The zero-order valence-electron chi connectivity index (χ0n) is 6.16. The number of nitrogens with zero attached hydrogens (tertiary/aromatic N) is 2. The van der Waals surface area contributed by atoms with Crippen LogP contribution in [0.3, 0.4) is 0 Å². The fourth-order valence-electron chi connectivity index (χ4n) is 1.06. The zero-order chi connectivity index (χ0) is 8.55. The number of nitrogens with two attached hydrogens (primary N) is 1. The Morgan fingerprint density at radius 2 is 2.17 bits per heavy atom. The van der Waals surface area contributed by atoms with Crippen LogP contribution >= 0.6 is 15.9 Å². The van der Waals surface area contributed by atoms with Crippen molar-refractivity contribution in [3.05, 3.63) is 29.0 Å². The highest BCUT2D eigenvalue weighted by atomic mass is 79.9. The van der Waals surface area contributed by atoms with Gasteiger partial charge >= 0.3 is 0 Å². The first kappa shape index (κ1) is 7.49. The summed E-state index contributed by atoms with van der Waals surface area (Å²) in [4.78, 5) is 8.08. The van der Waals surface area contributed by atoms with Crippen LogP contribution in [0.4, 0.5) is 5.82 Å². The molecule has 0 aliphatic heterocycles. The van der Waals surface area contributed by atoms with Gasteiger partial charge in [-0.1, -0.05) is 0 Å². The molecule has 0 saturated carbocycles. The number of hydrogen-bond donors (Lipinski definition) is 1. The molecular formula is C8H6BrN3. The number of hydrogen-bond acceptors (Lipinski definition) is 3. The van der Waals surface area contributed by atoms with Crippen LogP contribution in [0.15, 0.2) is 29.0 Å². The summed E-state index contributed by atoms with van der Waals surface area (Å²) < 4.78 is 0.945. The normalized spacial score (nSPS) is 10.4. The van der Waals surface area contributed by atoms with E-state index in [1.54, 1.807) is 12.4 Å². The first-order valence-corrected chi connectivity index (χ1v) is 4.22. The largest absolute Gasteiger partial charge is 0.382 e. The minimum Gasteiger partial charge on any atom is -0.382 e. The van der Waals surface area contributed by atoms with E-state index < -0.39 is 0 Å². The fourth-order valence-corrected chi connectivity index (χ4v) is 1.40. The third kappa shape index (κ3) is 1.14. The Labute approximate surface area is 77.8 Å². The van der Waals surface area contributed by atoms with Crippen molar-refractivity contribution in [3.8, 4) is 0 Å². The highest BCUT2D eigenvalue weighted by Crippen LogP contribution is 2.19. The summed E-state index contributed by atoms with van der Waals surface area (Å²) in [7, 11) is 0. The van der Waals surface area contributed by atoms with Gasteiger partial charge in [0.25, 0.3) is 0 Å². The van der Waals surface area contributed by atoms with Crippen LogP contribution in [-0.2, 0) is 0 Å². The molecular weight excluding hydrogens is 218 g/mol.